The Morgan fingerprint density at radius 1 is 1.06 bits per heavy atom. The fourth-order valence-electron chi connectivity index (χ4n) is 3.89. The molecule has 0 saturated heterocycles. The van der Waals surface area contributed by atoms with E-state index in [-0.39, 0.29) is 4.90 Å². The SMILES string of the molecule is CNOS(=O)(=O)c1ccc(-c2cnc(N)c3c(-c4ccc5[nH]c(C)cc5c4)csc23)cc1. The van der Waals surface area contributed by atoms with E-state index in [4.69, 9.17) is 5.73 Å². The fourth-order valence-corrected chi connectivity index (χ4v) is 5.79. The first kappa shape index (κ1) is 20.7. The van der Waals surface area contributed by atoms with Gasteiger partial charge in [0.15, 0.2) is 0 Å². The van der Waals surface area contributed by atoms with Crippen molar-refractivity contribution in [1.29, 1.82) is 0 Å². The monoisotopic (exact) mass is 464 g/mol. The lowest BCUT2D eigenvalue weighted by Crippen LogP contribution is -2.15. The van der Waals surface area contributed by atoms with Gasteiger partial charge in [-0.1, -0.05) is 18.2 Å². The molecule has 0 saturated carbocycles. The van der Waals surface area contributed by atoms with Crippen LogP contribution >= 0.6 is 11.3 Å². The van der Waals surface area contributed by atoms with Crippen LogP contribution in [-0.2, 0) is 14.4 Å². The van der Waals surface area contributed by atoms with E-state index in [0.717, 1.165) is 48.9 Å². The summed E-state index contributed by atoms with van der Waals surface area (Å²) in [6, 6.07) is 14.9. The predicted molar refractivity (Wildman–Crippen MR) is 129 cm³/mol. The summed E-state index contributed by atoms with van der Waals surface area (Å²) in [6.07, 6.45) is 1.73. The van der Waals surface area contributed by atoms with E-state index in [1.807, 2.05) is 6.92 Å². The molecule has 7 nitrogen and oxygen atoms in total. The Morgan fingerprint density at radius 3 is 2.56 bits per heavy atom. The van der Waals surface area contributed by atoms with Gasteiger partial charge < -0.3 is 10.7 Å². The lowest BCUT2D eigenvalue weighted by Gasteiger charge is -2.08. The number of nitrogens with zero attached hydrogens (tertiary/aromatic N) is 1. The highest BCUT2D eigenvalue weighted by molar-refractivity contribution is 7.86. The molecule has 0 fully saturated rings. The van der Waals surface area contributed by atoms with E-state index in [1.165, 1.54) is 19.2 Å². The van der Waals surface area contributed by atoms with Crippen LogP contribution in [0.1, 0.15) is 5.69 Å². The predicted octanol–water partition coefficient (Wildman–Crippen LogP) is 4.84. The molecule has 0 aliphatic carbocycles. The van der Waals surface area contributed by atoms with E-state index in [0.29, 0.717) is 5.82 Å². The topological polar surface area (TPSA) is 110 Å². The Morgan fingerprint density at radius 2 is 1.81 bits per heavy atom. The second-order valence-electron chi connectivity index (χ2n) is 7.43. The minimum absolute atomic E-state index is 0.0669. The van der Waals surface area contributed by atoms with Gasteiger partial charge >= 0.3 is 10.1 Å². The lowest BCUT2D eigenvalue weighted by molar-refractivity contribution is 0.231. The Labute approximate surface area is 188 Å². The maximum Gasteiger partial charge on any atom is 0.312 e. The molecule has 3 aromatic heterocycles. The summed E-state index contributed by atoms with van der Waals surface area (Å²) in [5.74, 6) is 0.465. The smallest absolute Gasteiger partial charge is 0.312 e. The average molecular weight is 465 g/mol. The van der Waals surface area contributed by atoms with Crippen molar-refractivity contribution in [3.8, 4) is 22.3 Å². The summed E-state index contributed by atoms with van der Waals surface area (Å²) in [5, 5.41) is 4.13. The van der Waals surface area contributed by atoms with Gasteiger partial charge in [-0.05, 0) is 53.8 Å². The zero-order valence-electron chi connectivity index (χ0n) is 17.3. The number of hydrogen-bond donors (Lipinski definition) is 3. The van der Waals surface area contributed by atoms with Gasteiger partial charge in [-0.15, -0.1) is 11.3 Å². The number of pyridine rings is 1. The lowest BCUT2D eigenvalue weighted by atomic mass is 10.0. The van der Waals surface area contributed by atoms with Gasteiger partial charge in [0.2, 0.25) is 0 Å². The largest absolute Gasteiger partial charge is 0.383 e. The number of fused-ring (bicyclic) bond motifs is 2. The maximum atomic E-state index is 12.1. The zero-order chi connectivity index (χ0) is 22.5. The number of aromatic nitrogens is 2. The van der Waals surface area contributed by atoms with Crippen LogP contribution in [-0.4, -0.2) is 25.4 Å². The van der Waals surface area contributed by atoms with Gasteiger partial charge in [-0.3, -0.25) is 0 Å². The first-order valence-electron chi connectivity index (χ1n) is 9.83. The van der Waals surface area contributed by atoms with Crippen molar-refractivity contribution in [2.75, 3.05) is 12.8 Å². The number of H-pyrrole nitrogens is 1. The standard InChI is InChI=1S/C23H20N4O3S2/c1-13-9-16-10-15(5-8-20(16)27-13)19-12-31-22-18(11-26-23(24)21(19)22)14-3-6-17(7-4-14)32(28,29)30-25-2/h3-12,25,27H,1-2H3,(H2,24,26). The average Bonchev–Trinajstić information content (AvgIpc) is 3.37. The molecular formula is C23H20N4O3S2. The van der Waals surface area contributed by atoms with Crippen molar-refractivity contribution in [1.82, 2.24) is 15.4 Å². The molecule has 0 radical (unpaired) electrons. The van der Waals surface area contributed by atoms with Gasteiger partial charge in [0.05, 0.1) is 4.90 Å². The minimum Gasteiger partial charge on any atom is -0.383 e. The molecule has 3 heterocycles. The van der Waals surface area contributed by atoms with Crippen molar-refractivity contribution in [2.24, 2.45) is 0 Å². The van der Waals surface area contributed by atoms with Crippen LogP contribution in [0.2, 0.25) is 0 Å². The third kappa shape index (κ3) is 3.45. The Balaban J connectivity index is 1.62. The number of aromatic amines is 1. The first-order valence-corrected chi connectivity index (χ1v) is 12.1. The number of rotatable bonds is 5. The molecule has 0 spiro atoms. The summed E-state index contributed by atoms with van der Waals surface area (Å²) >= 11 is 1.59. The van der Waals surface area contributed by atoms with Crippen LogP contribution in [0, 0.1) is 6.92 Å². The maximum absolute atomic E-state index is 12.1. The van der Waals surface area contributed by atoms with Crippen molar-refractivity contribution in [3.63, 3.8) is 0 Å². The summed E-state index contributed by atoms with van der Waals surface area (Å²) in [6.45, 7) is 2.04. The van der Waals surface area contributed by atoms with Crippen molar-refractivity contribution < 1.29 is 12.7 Å². The Hall–Kier alpha value is -3.24. The minimum atomic E-state index is -3.85. The molecule has 162 valence electrons. The number of benzene rings is 2. The Kier molecular flexibility index (Phi) is 4.98. The molecule has 4 N–H and O–H groups in total. The van der Waals surface area contributed by atoms with E-state index in [1.54, 1.807) is 29.7 Å². The number of hydroxylamine groups is 1. The normalized spacial score (nSPS) is 12.1. The molecule has 0 aliphatic heterocycles. The van der Waals surface area contributed by atoms with Gasteiger partial charge in [-0.2, -0.15) is 18.2 Å². The summed E-state index contributed by atoms with van der Waals surface area (Å²) < 4.78 is 29.8. The number of thiophene rings is 1. The number of nitrogen functional groups attached to an aromatic ring is 1. The van der Waals surface area contributed by atoms with Gasteiger partial charge in [0.25, 0.3) is 0 Å². The van der Waals surface area contributed by atoms with Crippen LogP contribution in [0.25, 0.3) is 43.2 Å². The quantitative estimate of drug-likeness (QED) is 0.321. The molecule has 5 aromatic rings. The second-order valence-corrected chi connectivity index (χ2v) is 9.86. The van der Waals surface area contributed by atoms with Crippen LogP contribution in [0.4, 0.5) is 5.82 Å². The van der Waals surface area contributed by atoms with Gasteiger partial charge in [0.1, 0.15) is 5.82 Å². The molecule has 5 rings (SSSR count). The number of hydrogen-bond acceptors (Lipinski definition) is 7. The van der Waals surface area contributed by atoms with Crippen LogP contribution in [0.3, 0.4) is 0 Å². The summed E-state index contributed by atoms with van der Waals surface area (Å²) in [7, 11) is -2.46. The molecule has 0 unspecified atom stereocenters. The van der Waals surface area contributed by atoms with Crippen molar-refractivity contribution in [2.45, 2.75) is 11.8 Å². The van der Waals surface area contributed by atoms with Gasteiger partial charge in [0, 0.05) is 51.1 Å². The molecule has 0 atom stereocenters. The van der Waals surface area contributed by atoms with Crippen LogP contribution in [0.15, 0.2) is 65.0 Å². The van der Waals surface area contributed by atoms with E-state index in [2.05, 4.69) is 49.4 Å². The summed E-state index contributed by atoms with van der Waals surface area (Å²) in [4.78, 5) is 7.84. The van der Waals surface area contributed by atoms with Crippen molar-refractivity contribution in [3.05, 3.63) is 65.8 Å². The zero-order valence-corrected chi connectivity index (χ0v) is 19.0. The fraction of sp³-hybridized carbons (Fsp3) is 0.0870. The molecule has 32 heavy (non-hydrogen) atoms. The molecule has 0 aliphatic rings. The third-order valence-electron chi connectivity index (χ3n) is 5.34. The van der Waals surface area contributed by atoms with E-state index < -0.39 is 10.1 Å². The van der Waals surface area contributed by atoms with Crippen LogP contribution in [0.5, 0.6) is 0 Å². The van der Waals surface area contributed by atoms with E-state index >= 15 is 0 Å². The molecule has 0 bridgehead atoms. The number of aryl methyl sites for hydroxylation is 1. The van der Waals surface area contributed by atoms with Gasteiger partial charge in [-0.25, -0.2) is 4.98 Å². The molecule has 0 amide bonds. The molecule has 2 aromatic carbocycles. The van der Waals surface area contributed by atoms with E-state index in [9.17, 15) is 8.42 Å². The highest BCUT2D eigenvalue weighted by atomic mass is 32.2. The Bertz CT molecular complexity index is 1570. The third-order valence-corrected chi connectivity index (χ3v) is 7.59. The number of nitrogens with two attached hydrogens (primary N) is 1. The first-order chi connectivity index (χ1) is 15.4. The number of anilines is 1. The highest BCUT2D eigenvalue weighted by Gasteiger charge is 2.18. The number of nitrogens with one attached hydrogen (secondary N) is 2. The molecular weight excluding hydrogens is 444 g/mol. The molecule has 9 heteroatoms. The second kappa shape index (κ2) is 7.72. The van der Waals surface area contributed by atoms with Crippen molar-refractivity contribution >= 4 is 48.3 Å². The highest BCUT2D eigenvalue weighted by Crippen LogP contribution is 2.42. The summed E-state index contributed by atoms with van der Waals surface area (Å²) in [5.41, 5.74) is 14.5. The van der Waals surface area contributed by atoms with Crippen LogP contribution < -0.4 is 11.2 Å².